The van der Waals surface area contributed by atoms with Gasteiger partial charge in [0.25, 0.3) is 0 Å². The second-order valence-electron chi connectivity index (χ2n) is 2.29. The van der Waals surface area contributed by atoms with Crippen LogP contribution in [0.2, 0.25) is 0 Å². The first-order valence-electron chi connectivity index (χ1n) is 2.74. The van der Waals surface area contributed by atoms with Gasteiger partial charge in [0, 0.05) is 0 Å². The van der Waals surface area contributed by atoms with Crippen LogP contribution in [0, 0.1) is 0 Å². The normalized spacial score (nSPS) is 32.4. The molecule has 0 aromatic heterocycles. The van der Waals surface area contributed by atoms with Crippen molar-refractivity contribution in [3.05, 3.63) is 11.8 Å². The van der Waals surface area contributed by atoms with E-state index in [0.717, 1.165) is 11.9 Å². The van der Waals surface area contributed by atoms with E-state index in [1.165, 1.54) is 0 Å². The highest BCUT2D eigenvalue weighted by Gasteiger charge is 2.28. The first kappa shape index (κ1) is 6.13. The van der Waals surface area contributed by atoms with Gasteiger partial charge in [0.2, 0.25) is 0 Å². The van der Waals surface area contributed by atoms with E-state index in [0.29, 0.717) is 0 Å². The maximum absolute atomic E-state index is 10.3. The second-order valence-corrected chi connectivity index (χ2v) is 2.29. The lowest BCUT2D eigenvalue weighted by atomic mass is 9.98. The van der Waals surface area contributed by atoms with Gasteiger partial charge >= 0.3 is 0 Å². The molecule has 1 aliphatic heterocycles. The highest BCUT2D eigenvalue weighted by Crippen LogP contribution is 2.23. The Balaban J connectivity index is 2.95. The average Bonchev–Trinajstić information content (AvgIpc) is 2.15. The van der Waals surface area contributed by atoms with Gasteiger partial charge in [-0.2, -0.15) is 10.2 Å². The van der Waals surface area contributed by atoms with Gasteiger partial charge in [0.1, 0.15) is 0 Å². The molecule has 0 saturated carbocycles. The van der Waals surface area contributed by atoms with Gasteiger partial charge in [-0.1, -0.05) is 0 Å². The number of carbonyl (C=O) groups is 1. The Morgan fingerprint density at radius 1 is 1.78 bits per heavy atom. The van der Waals surface area contributed by atoms with Crippen LogP contribution in [-0.4, -0.2) is 11.8 Å². The molecular formula is C6H8N2O. The van der Waals surface area contributed by atoms with Crippen LogP contribution in [-0.2, 0) is 4.79 Å². The summed E-state index contributed by atoms with van der Waals surface area (Å²) < 4.78 is 0. The largest absolute Gasteiger partial charge is 0.300 e. The van der Waals surface area contributed by atoms with E-state index in [1.54, 1.807) is 13.1 Å². The molecule has 1 aliphatic rings. The van der Waals surface area contributed by atoms with Crippen LogP contribution < -0.4 is 0 Å². The summed E-state index contributed by atoms with van der Waals surface area (Å²) in [5, 5.41) is 7.35. The Bertz CT molecular complexity index is 195. The number of rotatable bonds is 1. The molecular weight excluding hydrogens is 116 g/mol. The van der Waals surface area contributed by atoms with Gasteiger partial charge in [-0.25, -0.2) is 0 Å². The lowest BCUT2D eigenvalue weighted by Crippen LogP contribution is -2.22. The summed E-state index contributed by atoms with van der Waals surface area (Å²) >= 11 is 0. The minimum atomic E-state index is -0.667. The maximum Gasteiger partial charge on any atom is 0.156 e. The van der Waals surface area contributed by atoms with Crippen molar-refractivity contribution in [3.8, 4) is 0 Å². The zero-order valence-electron chi connectivity index (χ0n) is 5.46. The first-order valence-corrected chi connectivity index (χ1v) is 2.74. The van der Waals surface area contributed by atoms with Crippen LogP contribution in [0.15, 0.2) is 22.0 Å². The Morgan fingerprint density at radius 3 is 2.67 bits per heavy atom. The molecule has 0 saturated heterocycles. The molecule has 0 aromatic rings. The molecule has 0 amide bonds. The molecule has 1 rings (SSSR count). The van der Waals surface area contributed by atoms with Gasteiger partial charge in [-0.05, 0) is 19.4 Å². The van der Waals surface area contributed by atoms with Crippen molar-refractivity contribution in [2.75, 3.05) is 0 Å². The Kier molecular flexibility index (Phi) is 1.20. The average molecular weight is 124 g/mol. The van der Waals surface area contributed by atoms with Crippen molar-refractivity contribution in [3.63, 3.8) is 0 Å². The summed E-state index contributed by atoms with van der Waals surface area (Å²) in [6.07, 6.45) is 2.41. The molecule has 1 unspecified atom stereocenters. The lowest BCUT2D eigenvalue weighted by Gasteiger charge is -2.10. The molecule has 0 radical (unpaired) electrons. The fourth-order valence-corrected chi connectivity index (χ4v) is 0.561. The topological polar surface area (TPSA) is 41.8 Å². The highest BCUT2D eigenvalue weighted by molar-refractivity contribution is 5.70. The molecule has 3 nitrogen and oxygen atoms in total. The molecule has 0 fully saturated rings. The third kappa shape index (κ3) is 0.781. The van der Waals surface area contributed by atoms with Crippen LogP contribution in [0.25, 0.3) is 0 Å². The SMILES string of the molecule is CC1=CN=NC1(C)C=O. The van der Waals surface area contributed by atoms with E-state index < -0.39 is 5.54 Å². The van der Waals surface area contributed by atoms with Crippen molar-refractivity contribution in [2.45, 2.75) is 19.4 Å². The molecule has 0 bridgehead atoms. The molecule has 1 heterocycles. The Morgan fingerprint density at radius 2 is 2.44 bits per heavy atom. The fraction of sp³-hybridized carbons (Fsp3) is 0.500. The van der Waals surface area contributed by atoms with E-state index in [9.17, 15) is 4.79 Å². The molecule has 0 aliphatic carbocycles. The van der Waals surface area contributed by atoms with E-state index in [4.69, 9.17) is 0 Å². The molecule has 3 heteroatoms. The van der Waals surface area contributed by atoms with Crippen molar-refractivity contribution in [1.29, 1.82) is 0 Å². The number of carbonyl (C=O) groups excluding carboxylic acids is 1. The van der Waals surface area contributed by atoms with Crippen LogP contribution >= 0.6 is 0 Å². The van der Waals surface area contributed by atoms with Crippen molar-refractivity contribution < 1.29 is 4.79 Å². The third-order valence-corrected chi connectivity index (χ3v) is 1.54. The molecule has 1 atom stereocenters. The van der Waals surface area contributed by atoms with Gasteiger partial charge in [0.15, 0.2) is 11.8 Å². The van der Waals surface area contributed by atoms with Crippen molar-refractivity contribution in [2.24, 2.45) is 10.2 Å². The van der Waals surface area contributed by atoms with Gasteiger partial charge in [-0.3, -0.25) is 0 Å². The minimum absolute atomic E-state index is 0.667. The third-order valence-electron chi connectivity index (χ3n) is 1.54. The molecule has 0 aromatic carbocycles. The maximum atomic E-state index is 10.3. The Labute approximate surface area is 53.5 Å². The zero-order chi connectivity index (χ0) is 6.91. The van der Waals surface area contributed by atoms with E-state index >= 15 is 0 Å². The summed E-state index contributed by atoms with van der Waals surface area (Å²) in [5.74, 6) is 0. The lowest BCUT2D eigenvalue weighted by molar-refractivity contribution is -0.110. The van der Waals surface area contributed by atoms with Crippen LogP contribution in [0.3, 0.4) is 0 Å². The molecule has 0 spiro atoms. The van der Waals surface area contributed by atoms with Crippen LogP contribution in [0.5, 0.6) is 0 Å². The number of hydrogen-bond acceptors (Lipinski definition) is 3. The monoisotopic (exact) mass is 124 g/mol. The number of nitrogens with zero attached hydrogens (tertiary/aromatic N) is 2. The smallest absolute Gasteiger partial charge is 0.156 e. The summed E-state index contributed by atoms with van der Waals surface area (Å²) in [7, 11) is 0. The van der Waals surface area contributed by atoms with E-state index in [2.05, 4.69) is 10.2 Å². The summed E-state index contributed by atoms with van der Waals surface area (Å²) in [6.45, 7) is 3.58. The second kappa shape index (κ2) is 1.76. The zero-order valence-corrected chi connectivity index (χ0v) is 5.46. The minimum Gasteiger partial charge on any atom is -0.300 e. The molecule has 48 valence electrons. The fourth-order valence-electron chi connectivity index (χ4n) is 0.561. The van der Waals surface area contributed by atoms with Gasteiger partial charge in [0.05, 0.1) is 6.20 Å². The quantitative estimate of drug-likeness (QED) is 0.486. The predicted octanol–water partition coefficient (Wildman–Crippen LogP) is 1.31. The predicted molar refractivity (Wildman–Crippen MR) is 33.1 cm³/mol. The van der Waals surface area contributed by atoms with Gasteiger partial charge in [-0.15, -0.1) is 0 Å². The summed E-state index contributed by atoms with van der Waals surface area (Å²) in [6, 6.07) is 0. The van der Waals surface area contributed by atoms with Crippen molar-refractivity contribution >= 4 is 6.29 Å². The summed E-state index contributed by atoms with van der Waals surface area (Å²) in [5.41, 5.74) is 0.234. The number of hydrogen-bond donors (Lipinski definition) is 0. The molecule has 9 heavy (non-hydrogen) atoms. The van der Waals surface area contributed by atoms with E-state index in [-0.39, 0.29) is 0 Å². The van der Waals surface area contributed by atoms with E-state index in [1.807, 2.05) is 6.92 Å². The Hall–Kier alpha value is -0.990. The van der Waals surface area contributed by atoms with Crippen LogP contribution in [0.4, 0.5) is 0 Å². The number of azo groups is 1. The van der Waals surface area contributed by atoms with Crippen LogP contribution in [0.1, 0.15) is 13.8 Å². The van der Waals surface area contributed by atoms with Gasteiger partial charge < -0.3 is 4.79 Å². The highest BCUT2D eigenvalue weighted by atomic mass is 16.1. The standard InChI is InChI=1S/C6H8N2O/c1-5-3-7-8-6(5,2)4-9/h3-4H,1-2H3. The first-order chi connectivity index (χ1) is 4.19. The number of aldehydes is 1. The van der Waals surface area contributed by atoms with Crippen molar-refractivity contribution in [1.82, 2.24) is 0 Å². The molecule has 0 N–H and O–H groups in total. The summed E-state index contributed by atoms with van der Waals surface area (Å²) in [4.78, 5) is 10.3.